The largest absolute Gasteiger partial charge is 0.463 e. The number of thioether (sulfide) groups is 1. The minimum Gasteiger partial charge on any atom is -0.463 e. The van der Waals surface area contributed by atoms with Gasteiger partial charge < -0.3 is 20.7 Å². The minimum absolute atomic E-state index is 0.000374. The van der Waals surface area contributed by atoms with Gasteiger partial charge in [-0.3, -0.25) is 9.59 Å². The van der Waals surface area contributed by atoms with Crippen LogP contribution in [-0.4, -0.2) is 64.0 Å². The molecule has 38 heavy (non-hydrogen) atoms. The molecule has 3 rings (SSSR count). The molecule has 0 aliphatic carbocycles. The first-order valence-electron chi connectivity index (χ1n) is 11.5. The van der Waals surface area contributed by atoms with Crippen molar-refractivity contribution in [1.82, 2.24) is 14.9 Å². The molecule has 2 amide bonds. The number of hydrogen-bond donors (Lipinski definition) is 2. The van der Waals surface area contributed by atoms with E-state index in [-0.39, 0.29) is 40.5 Å². The lowest BCUT2D eigenvalue weighted by Gasteiger charge is -2.46. The highest BCUT2D eigenvalue weighted by Gasteiger charge is 2.52. The molecule has 0 spiro atoms. The Hall–Kier alpha value is -3.98. The van der Waals surface area contributed by atoms with E-state index in [1.165, 1.54) is 35.5 Å². The number of ether oxygens (including phenoxy) is 1. The first-order valence-corrected chi connectivity index (χ1v) is 12.3. The van der Waals surface area contributed by atoms with Crippen molar-refractivity contribution < 1.29 is 23.1 Å². The molecule has 0 saturated heterocycles. The monoisotopic (exact) mass is 542 g/mol. The van der Waals surface area contributed by atoms with Crippen LogP contribution in [0.3, 0.4) is 0 Å². The van der Waals surface area contributed by atoms with E-state index in [0.717, 1.165) is 17.8 Å². The van der Waals surface area contributed by atoms with E-state index in [2.05, 4.69) is 26.2 Å². The Kier molecular flexibility index (Phi) is 8.73. The number of alkyl halides is 1. The van der Waals surface area contributed by atoms with Gasteiger partial charge in [0.25, 0.3) is 5.91 Å². The van der Waals surface area contributed by atoms with E-state index >= 15 is 4.39 Å². The van der Waals surface area contributed by atoms with Gasteiger partial charge in [0, 0.05) is 42.1 Å². The summed E-state index contributed by atoms with van der Waals surface area (Å²) in [6, 6.07) is 3.78. The van der Waals surface area contributed by atoms with Crippen LogP contribution in [0.2, 0.25) is 0 Å². The summed E-state index contributed by atoms with van der Waals surface area (Å²) in [5, 5.41) is 2.66. The van der Waals surface area contributed by atoms with Crippen LogP contribution in [0.1, 0.15) is 29.9 Å². The van der Waals surface area contributed by atoms with Crippen LogP contribution < -0.4 is 15.8 Å². The number of rotatable bonds is 8. The minimum atomic E-state index is -1.71. The molecule has 0 bridgehead atoms. The van der Waals surface area contributed by atoms with Crippen LogP contribution in [0.25, 0.3) is 0 Å². The molecule has 2 heterocycles. The van der Waals surface area contributed by atoms with E-state index < -0.39 is 34.6 Å². The summed E-state index contributed by atoms with van der Waals surface area (Å²) in [6.45, 7) is 2.43. The number of aromatic nitrogens is 2. The fraction of sp³-hybridized carbons (Fsp3) is 0.346. The summed E-state index contributed by atoms with van der Waals surface area (Å²) in [5.74, 6) is 0.184. The zero-order chi connectivity index (χ0) is 28.1. The van der Waals surface area contributed by atoms with Gasteiger partial charge in [-0.05, 0) is 25.1 Å². The average molecular weight is 543 g/mol. The predicted molar refractivity (Wildman–Crippen MR) is 143 cm³/mol. The summed E-state index contributed by atoms with van der Waals surface area (Å²) in [6.07, 6.45) is 10.6. The molecule has 3 N–H and O–H groups in total. The molecule has 0 radical (unpaired) electrons. The number of benzene rings is 1. The average Bonchev–Trinajstić information content (AvgIpc) is 2.89. The molecule has 0 saturated carbocycles. The Labute approximate surface area is 224 Å². The maximum Gasteiger partial charge on any atom is 0.275 e. The molecule has 0 unspecified atom stereocenters. The molecule has 1 aromatic heterocycles. The summed E-state index contributed by atoms with van der Waals surface area (Å²) >= 11 is 1.16. The van der Waals surface area contributed by atoms with Gasteiger partial charge in [-0.2, -0.15) is 0 Å². The van der Waals surface area contributed by atoms with Crippen LogP contribution in [0.4, 0.5) is 14.5 Å². The van der Waals surface area contributed by atoms with Gasteiger partial charge >= 0.3 is 0 Å². The molecule has 0 fully saturated rings. The third-order valence-corrected chi connectivity index (χ3v) is 7.50. The molecule has 9 nitrogen and oxygen atoms in total. The second-order valence-corrected chi connectivity index (χ2v) is 10.5. The highest BCUT2D eigenvalue weighted by Crippen LogP contribution is 2.51. The molecule has 1 aliphatic rings. The Balaban J connectivity index is 1.95. The summed E-state index contributed by atoms with van der Waals surface area (Å²) in [5.41, 5.74) is 4.46. The standard InChI is InChI=1S/C26H28F2N6O3S/c1-6-11-37-21-14-30-20(13-31-21)23(36)32-17-7-8-19(28)18(12-17)26(15-27)16(2)25(3,38-24(29)33-26)10-9-22(35)34(4)5/h1,7-10,12-14,16H,11,15H2,2-5H3,(H2,29,33)(H,32,36)/b10-9+/t16-,25-,26+/m1/s1. The zero-order valence-electron chi connectivity index (χ0n) is 21.4. The lowest BCUT2D eigenvalue weighted by Crippen LogP contribution is -2.50. The Bertz CT molecular complexity index is 1310. The number of amides is 2. The van der Waals surface area contributed by atoms with E-state index in [1.54, 1.807) is 34.0 Å². The number of nitrogens with zero attached hydrogens (tertiary/aromatic N) is 4. The van der Waals surface area contributed by atoms with Gasteiger partial charge in [-0.15, -0.1) is 6.42 Å². The summed E-state index contributed by atoms with van der Waals surface area (Å²) in [4.78, 5) is 38.6. The number of aliphatic imine (C=N–C) groups is 1. The SMILES string of the molecule is C#CCOc1cnc(C(=O)Nc2ccc(F)c([C@@]3(CF)N=C(N)S[C@](C)(/C=C/C(=O)N(C)C)[C@H]3C)c2)cn1. The third kappa shape index (κ3) is 5.94. The first-order chi connectivity index (χ1) is 18.0. The topological polar surface area (TPSA) is 123 Å². The second kappa shape index (κ2) is 11.6. The first kappa shape index (κ1) is 28.6. The number of nitrogens with two attached hydrogens (primary N) is 1. The number of terminal acetylenes is 1. The summed E-state index contributed by atoms with van der Waals surface area (Å²) in [7, 11) is 3.22. The van der Waals surface area contributed by atoms with Crippen molar-refractivity contribution in [3.05, 3.63) is 59.8 Å². The Morgan fingerprint density at radius 1 is 1.34 bits per heavy atom. The molecule has 2 aromatic rings. The Morgan fingerprint density at radius 2 is 2.08 bits per heavy atom. The van der Waals surface area contributed by atoms with Gasteiger partial charge in [0.2, 0.25) is 11.8 Å². The maximum atomic E-state index is 15.2. The third-order valence-electron chi connectivity index (χ3n) is 6.27. The van der Waals surface area contributed by atoms with Crippen molar-refractivity contribution in [3.63, 3.8) is 0 Å². The number of hydrogen-bond acceptors (Lipinski definition) is 8. The lowest BCUT2D eigenvalue weighted by atomic mass is 9.73. The van der Waals surface area contributed by atoms with Crippen molar-refractivity contribution in [2.45, 2.75) is 24.1 Å². The summed E-state index contributed by atoms with van der Waals surface area (Å²) < 4.78 is 34.4. The van der Waals surface area contributed by atoms with Crippen LogP contribution in [0.15, 0.2) is 47.7 Å². The predicted octanol–water partition coefficient (Wildman–Crippen LogP) is 3.15. The van der Waals surface area contributed by atoms with Crippen molar-refractivity contribution >= 4 is 34.4 Å². The number of nitrogens with one attached hydrogen (secondary N) is 1. The number of anilines is 1. The normalized spacial score (nSPS) is 22.9. The van der Waals surface area contributed by atoms with Gasteiger partial charge in [-0.1, -0.05) is 30.7 Å². The molecule has 12 heteroatoms. The van der Waals surface area contributed by atoms with Crippen LogP contribution in [-0.2, 0) is 10.3 Å². The van der Waals surface area contributed by atoms with E-state index in [4.69, 9.17) is 16.9 Å². The second-order valence-electron chi connectivity index (χ2n) is 8.96. The number of carbonyl (C=O) groups is 2. The van der Waals surface area contributed by atoms with Crippen LogP contribution >= 0.6 is 11.8 Å². The van der Waals surface area contributed by atoms with E-state index in [1.807, 2.05) is 0 Å². The van der Waals surface area contributed by atoms with Crippen molar-refractivity contribution in [1.29, 1.82) is 0 Å². The smallest absolute Gasteiger partial charge is 0.275 e. The van der Waals surface area contributed by atoms with Crippen molar-refractivity contribution in [2.75, 3.05) is 32.7 Å². The number of amidine groups is 1. The van der Waals surface area contributed by atoms with E-state index in [0.29, 0.717) is 0 Å². The number of halogens is 2. The molecule has 1 aromatic carbocycles. The molecular formula is C26H28F2N6O3S. The van der Waals surface area contributed by atoms with Gasteiger partial charge in [0.05, 0.1) is 12.4 Å². The van der Waals surface area contributed by atoms with Crippen LogP contribution in [0, 0.1) is 24.1 Å². The fourth-order valence-corrected chi connectivity index (χ4v) is 5.10. The van der Waals surface area contributed by atoms with Gasteiger partial charge in [0.1, 0.15) is 23.7 Å². The Morgan fingerprint density at radius 3 is 2.68 bits per heavy atom. The lowest BCUT2D eigenvalue weighted by molar-refractivity contribution is -0.123. The van der Waals surface area contributed by atoms with Crippen molar-refractivity contribution in [3.8, 4) is 18.2 Å². The molecule has 1 aliphatic heterocycles. The van der Waals surface area contributed by atoms with Gasteiger partial charge in [-0.25, -0.2) is 23.7 Å². The van der Waals surface area contributed by atoms with Crippen LogP contribution in [0.5, 0.6) is 5.88 Å². The number of likely N-dealkylation sites (N-methyl/N-ethyl adjacent to an activating group) is 1. The molecule has 3 atom stereocenters. The highest BCUT2D eigenvalue weighted by molar-refractivity contribution is 8.15. The fourth-order valence-electron chi connectivity index (χ4n) is 3.93. The molecule has 200 valence electrons. The van der Waals surface area contributed by atoms with Crippen molar-refractivity contribution in [2.24, 2.45) is 16.6 Å². The molecular weight excluding hydrogens is 514 g/mol. The highest BCUT2D eigenvalue weighted by atomic mass is 32.2. The number of carbonyl (C=O) groups excluding carboxylic acids is 2. The maximum absolute atomic E-state index is 15.2. The van der Waals surface area contributed by atoms with Gasteiger partial charge in [0.15, 0.2) is 11.8 Å². The zero-order valence-corrected chi connectivity index (χ0v) is 22.2. The quantitative estimate of drug-likeness (QED) is 0.388. The van der Waals surface area contributed by atoms with E-state index in [9.17, 15) is 14.0 Å².